The normalized spacial score (nSPS) is 12.8. The average Bonchev–Trinajstić information content (AvgIpc) is 2.91. The molecule has 0 aromatic heterocycles. The predicted molar refractivity (Wildman–Crippen MR) is 162 cm³/mol. The largest absolute Gasteiger partial charge is 0.352 e. The quantitative estimate of drug-likeness (QED) is 0.291. The fourth-order valence-corrected chi connectivity index (χ4v) is 5.42. The van der Waals surface area contributed by atoms with E-state index >= 15 is 0 Å². The maximum Gasteiger partial charge on any atom is 0.244 e. The van der Waals surface area contributed by atoms with E-state index in [0.29, 0.717) is 27.7 Å². The molecule has 0 bridgehead atoms. The van der Waals surface area contributed by atoms with E-state index in [4.69, 9.17) is 23.2 Å². The molecule has 0 aliphatic carbocycles. The summed E-state index contributed by atoms with van der Waals surface area (Å²) in [5.41, 5.74) is 2.56. The number of hydrogen-bond acceptors (Lipinski definition) is 4. The first-order valence-electron chi connectivity index (χ1n) is 13.0. The zero-order valence-electron chi connectivity index (χ0n) is 23.1. The van der Waals surface area contributed by atoms with Crippen molar-refractivity contribution in [3.05, 3.63) is 99.5 Å². The number of benzene rings is 3. The molecule has 1 N–H and O–H groups in total. The van der Waals surface area contributed by atoms with Gasteiger partial charge in [-0.3, -0.25) is 13.9 Å². The van der Waals surface area contributed by atoms with Crippen molar-refractivity contribution in [3.63, 3.8) is 0 Å². The van der Waals surface area contributed by atoms with Crippen molar-refractivity contribution >= 4 is 50.7 Å². The summed E-state index contributed by atoms with van der Waals surface area (Å²) in [5.74, 6) is -0.842. The number of sulfonamides is 1. The van der Waals surface area contributed by atoms with Gasteiger partial charge in [-0.05, 0) is 61.2 Å². The summed E-state index contributed by atoms with van der Waals surface area (Å²) in [4.78, 5) is 29.2. The van der Waals surface area contributed by atoms with Crippen LogP contribution < -0.4 is 9.62 Å². The Kier molecular flexibility index (Phi) is 11.0. The van der Waals surface area contributed by atoms with Gasteiger partial charge in [0.1, 0.15) is 12.6 Å². The third kappa shape index (κ3) is 8.71. The van der Waals surface area contributed by atoms with Gasteiger partial charge in [-0.15, -0.1) is 0 Å². The topological polar surface area (TPSA) is 86.8 Å². The van der Waals surface area contributed by atoms with Gasteiger partial charge in [-0.25, -0.2) is 8.42 Å². The number of nitrogens with zero attached hydrogens (tertiary/aromatic N) is 2. The van der Waals surface area contributed by atoms with Crippen molar-refractivity contribution in [1.82, 2.24) is 10.2 Å². The lowest BCUT2D eigenvalue weighted by Crippen LogP contribution is -2.54. The number of amides is 2. The number of rotatable bonds is 12. The highest BCUT2D eigenvalue weighted by Crippen LogP contribution is 2.27. The number of hydrogen-bond donors (Lipinski definition) is 1. The first kappa shape index (κ1) is 31.5. The zero-order chi connectivity index (χ0) is 29.4. The number of halogens is 2. The molecule has 2 atom stereocenters. The highest BCUT2D eigenvalue weighted by molar-refractivity contribution is 7.92. The molecule has 3 rings (SSSR count). The monoisotopic (exact) mass is 603 g/mol. The lowest BCUT2D eigenvalue weighted by molar-refractivity contribution is -0.140. The van der Waals surface area contributed by atoms with Crippen LogP contribution in [0.4, 0.5) is 5.69 Å². The summed E-state index contributed by atoms with van der Waals surface area (Å²) < 4.78 is 26.9. The summed E-state index contributed by atoms with van der Waals surface area (Å²) in [5, 5.41) is 3.89. The molecule has 0 saturated heterocycles. The third-order valence-corrected chi connectivity index (χ3v) is 8.27. The van der Waals surface area contributed by atoms with Gasteiger partial charge in [0.15, 0.2) is 0 Å². The Hall–Kier alpha value is -3.07. The molecule has 7 nitrogen and oxygen atoms in total. The number of carbonyl (C=O) groups is 2. The molecular formula is C30H35Cl2N3O4S. The highest BCUT2D eigenvalue weighted by Gasteiger charge is 2.33. The van der Waals surface area contributed by atoms with Crippen molar-refractivity contribution in [2.75, 3.05) is 17.1 Å². The Bertz CT molecular complexity index is 1420. The van der Waals surface area contributed by atoms with Gasteiger partial charge in [-0.2, -0.15) is 0 Å². The van der Waals surface area contributed by atoms with Crippen LogP contribution in [0.15, 0.2) is 72.8 Å². The molecule has 3 aromatic carbocycles. The first-order valence-corrected chi connectivity index (χ1v) is 15.6. The Morgan fingerprint density at radius 1 is 0.925 bits per heavy atom. The van der Waals surface area contributed by atoms with Crippen LogP contribution in [0.3, 0.4) is 0 Å². The van der Waals surface area contributed by atoms with E-state index < -0.39 is 28.5 Å². The molecule has 0 spiro atoms. The van der Waals surface area contributed by atoms with Crippen LogP contribution in [-0.2, 0) is 32.6 Å². The average molecular weight is 605 g/mol. The minimum absolute atomic E-state index is 0.0769. The molecule has 214 valence electrons. The van der Waals surface area contributed by atoms with Gasteiger partial charge in [0, 0.05) is 29.1 Å². The van der Waals surface area contributed by atoms with Crippen LogP contribution in [0.5, 0.6) is 0 Å². The van der Waals surface area contributed by atoms with Gasteiger partial charge >= 0.3 is 0 Å². The standard InChI is InChI=1S/C30H35Cl2N3O4S/c1-5-22(3)33-30(37)28(17-23-9-7-6-8-10-23)34(19-24-12-15-25(31)16-13-24)29(36)20-35(40(4,38)39)27-18-26(32)14-11-21(27)2/h6-16,18,22,28H,5,17,19-20H2,1-4H3,(H,33,37)/t22-,28-/m0/s1. The molecule has 40 heavy (non-hydrogen) atoms. The predicted octanol–water partition coefficient (Wildman–Crippen LogP) is 5.62. The van der Waals surface area contributed by atoms with E-state index in [1.165, 1.54) is 11.0 Å². The van der Waals surface area contributed by atoms with E-state index in [9.17, 15) is 18.0 Å². The second-order valence-corrected chi connectivity index (χ2v) is 12.7. The third-order valence-electron chi connectivity index (χ3n) is 6.66. The summed E-state index contributed by atoms with van der Waals surface area (Å²) in [6.45, 7) is 5.18. The number of anilines is 1. The van der Waals surface area contributed by atoms with Crippen molar-refractivity contribution in [1.29, 1.82) is 0 Å². The molecule has 0 aliphatic rings. The maximum absolute atomic E-state index is 14.1. The lowest BCUT2D eigenvalue weighted by Gasteiger charge is -2.34. The van der Waals surface area contributed by atoms with E-state index in [0.717, 1.165) is 21.7 Å². The molecule has 3 aromatic rings. The summed E-state index contributed by atoms with van der Waals surface area (Å²) in [6.07, 6.45) is 2.00. The Morgan fingerprint density at radius 3 is 2.15 bits per heavy atom. The molecule has 0 radical (unpaired) electrons. The second kappa shape index (κ2) is 14.0. The molecule has 2 amide bonds. The molecule has 0 heterocycles. The Balaban J connectivity index is 2.08. The molecule has 0 unspecified atom stereocenters. The summed E-state index contributed by atoms with van der Waals surface area (Å²) in [6, 6.07) is 20.3. The van der Waals surface area contributed by atoms with Crippen molar-refractivity contribution in [2.24, 2.45) is 0 Å². The molecular weight excluding hydrogens is 569 g/mol. The van der Waals surface area contributed by atoms with Gasteiger partial charge in [-0.1, -0.05) is 78.7 Å². The SMILES string of the molecule is CC[C@H](C)NC(=O)[C@H](Cc1ccccc1)N(Cc1ccc(Cl)cc1)C(=O)CN(c1cc(Cl)ccc1C)S(C)(=O)=O. The van der Waals surface area contributed by atoms with Gasteiger partial charge in [0.25, 0.3) is 0 Å². The zero-order valence-corrected chi connectivity index (χ0v) is 25.4. The van der Waals surface area contributed by atoms with Crippen LogP contribution >= 0.6 is 23.2 Å². The molecule has 0 aliphatic heterocycles. The molecule has 0 saturated carbocycles. The molecule has 0 fully saturated rings. The minimum Gasteiger partial charge on any atom is -0.352 e. The maximum atomic E-state index is 14.1. The van der Waals surface area contributed by atoms with Crippen molar-refractivity contribution in [2.45, 2.75) is 52.2 Å². The van der Waals surface area contributed by atoms with Gasteiger partial charge < -0.3 is 10.2 Å². The number of carbonyl (C=O) groups excluding carboxylic acids is 2. The van der Waals surface area contributed by atoms with E-state index in [-0.39, 0.29) is 24.9 Å². The van der Waals surface area contributed by atoms with E-state index in [1.54, 1.807) is 43.3 Å². The summed E-state index contributed by atoms with van der Waals surface area (Å²) in [7, 11) is -3.88. The van der Waals surface area contributed by atoms with Crippen molar-refractivity contribution < 1.29 is 18.0 Å². The first-order chi connectivity index (χ1) is 18.9. The summed E-state index contributed by atoms with van der Waals surface area (Å²) >= 11 is 12.3. The Morgan fingerprint density at radius 2 is 1.55 bits per heavy atom. The molecule has 10 heteroatoms. The number of nitrogens with one attached hydrogen (secondary N) is 1. The fourth-order valence-electron chi connectivity index (χ4n) is 4.23. The fraction of sp³-hybridized carbons (Fsp3) is 0.333. The highest BCUT2D eigenvalue weighted by atomic mass is 35.5. The smallest absolute Gasteiger partial charge is 0.244 e. The lowest BCUT2D eigenvalue weighted by atomic mass is 10.0. The van der Waals surface area contributed by atoms with E-state index in [1.807, 2.05) is 44.2 Å². The van der Waals surface area contributed by atoms with Crippen molar-refractivity contribution in [3.8, 4) is 0 Å². The van der Waals surface area contributed by atoms with Gasteiger partial charge in [0.05, 0.1) is 11.9 Å². The van der Waals surface area contributed by atoms with Crippen LogP contribution in [0, 0.1) is 6.92 Å². The minimum atomic E-state index is -3.88. The van der Waals surface area contributed by atoms with Crippen LogP contribution in [0.25, 0.3) is 0 Å². The van der Waals surface area contributed by atoms with Crippen LogP contribution in [-0.4, -0.2) is 50.0 Å². The van der Waals surface area contributed by atoms with Gasteiger partial charge in [0.2, 0.25) is 21.8 Å². The van der Waals surface area contributed by atoms with Crippen LogP contribution in [0.2, 0.25) is 10.0 Å². The second-order valence-electron chi connectivity index (χ2n) is 9.87. The van der Waals surface area contributed by atoms with Crippen LogP contribution in [0.1, 0.15) is 37.0 Å². The number of aryl methyl sites for hydroxylation is 1. The Labute approximate surface area is 247 Å². The van der Waals surface area contributed by atoms with E-state index in [2.05, 4.69) is 5.32 Å².